The molecule has 1 saturated carbocycles. The van der Waals surface area contributed by atoms with Gasteiger partial charge in [0, 0.05) is 12.5 Å². The molecular formula is C13H26N2O. The summed E-state index contributed by atoms with van der Waals surface area (Å²) >= 11 is 0. The van der Waals surface area contributed by atoms with E-state index < -0.39 is 0 Å². The van der Waals surface area contributed by atoms with Crippen LogP contribution in [0.4, 0.5) is 0 Å². The molecule has 1 aliphatic carbocycles. The van der Waals surface area contributed by atoms with Gasteiger partial charge < -0.3 is 10.2 Å². The van der Waals surface area contributed by atoms with Crippen LogP contribution in [0.25, 0.3) is 0 Å². The Kier molecular flexibility index (Phi) is 6.46. The van der Waals surface area contributed by atoms with Crippen LogP contribution in [0.3, 0.4) is 0 Å². The molecule has 94 valence electrons. The van der Waals surface area contributed by atoms with Crippen LogP contribution in [0.2, 0.25) is 0 Å². The Morgan fingerprint density at radius 2 is 1.94 bits per heavy atom. The van der Waals surface area contributed by atoms with E-state index in [1.165, 1.54) is 12.8 Å². The summed E-state index contributed by atoms with van der Waals surface area (Å²) in [5, 5.41) is 3.04. The molecule has 0 heterocycles. The minimum absolute atomic E-state index is 0.286. The summed E-state index contributed by atoms with van der Waals surface area (Å²) in [6, 6.07) is 0. The summed E-state index contributed by atoms with van der Waals surface area (Å²) in [4.78, 5) is 13.9. The first kappa shape index (κ1) is 13.5. The zero-order valence-electron chi connectivity index (χ0n) is 10.8. The van der Waals surface area contributed by atoms with E-state index in [2.05, 4.69) is 24.1 Å². The Morgan fingerprint density at radius 1 is 1.25 bits per heavy atom. The highest BCUT2D eigenvalue weighted by Gasteiger charge is 2.24. The zero-order chi connectivity index (χ0) is 11.8. The number of rotatable bonds is 8. The van der Waals surface area contributed by atoms with E-state index in [-0.39, 0.29) is 5.91 Å². The first-order chi connectivity index (χ1) is 7.77. The molecule has 0 radical (unpaired) electrons. The third kappa shape index (κ3) is 4.52. The van der Waals surface area contributed by atoms with Crippen LogP contribution in [0.5, 0.6) is 0 Å². The predicted octanol–water partition coefficient (Wildman–Crippen LogP) is 2.02. The van der Waals surface area contributed by atoms with Gasteiger partial charge in [0.05, 0.1) is 0 Å². The lowest BCUT2D eigenvalue weighted by Gasteiger charge is -2.24. The fourth-order valence-electron chi connectivity index (χ4n) is 2.03. The van der Waals surface area contributed by atoms with E-state index in [1.54, 1.807) is 0 Å². The van der Waals surface area contributed by atoms with Gasteiger partial charge in [-0.05, 0) is 45.3 Å². The van der Waals surface area contributed by atoms with E-state index >= 15 is 0 Å². The molecule has 0 atom stereocenters. The van der Waals surface area contributed by atoms with Crippen molar-refractivity contribution in [2.45, 2.75) is 46.0 Å². The molecule has 0 aromatic heterocycles. The third-order valence-electron chi connectivity index (χ3n) is 3.57. The molecule has 1 rings (SSSR count). The number of amides is 1. The van der Waals surface area contributed by atoms with Gasteiger partial charge in [-0.15, -0.1) is 0 Å². The summed E-state index contributed by atoms with van der Waals surface area (Å²) in [6.45, 7) is 8.67. The highest BCUT2D eigenvalue weighted by atomic mass is 16.1. The molecule has 1 amide bonds. The van der Waals surface area contributed by atoms with Crippen LogP contribution in [-0.4, -0.2) is 37.0 Å². The standard InChI is InChI=1S/C13H26N2O/c1-3-15(4-2)11-6-5-10-14-13(16)12-8-7-9-12/h12H,3-11H2,1-2H3,(H,14,16). The summed E-state index contributed by atoms with van der Waals surface area (Å²) in [6.07, 6.45) is 5.73. The van der Waals surface area contributed by atoms with Gasteiger partial charge in [0.1, 0.15) is 0 Å². The third-order valence-corrected chi connectivity index (χ3v) is 3.57. The van der Waals surface area contributed by atoms with Crippen molar-refractivity contribution >= 4 is 5.91 Å². The van der Waals surface area contributed by atoms with Crippen LogP contribution in [0.15, 0.2) is 0 Å². The van der Waals surface area contributed by atoms with Gasteiger partial charge in [0.15, 0.2) is 0 Å². The maximum Gasteiger partial charge on any atom is 0.223 e. The minimum Gasteiger partial charge on any atom is -0.356 e. The first-order valence-electron chi connectivity index (χ1n) is 6.78. The molecule has 1 fully saturated rings. The Hall–Kier alpha value is -0.570. The highest BCUT2D eigenvalue weighted by Crippen LogP contribution is 2.25. The second-order valence-electron chi connectivity index (χ2n) is 4.65. The smallest absolute Gasteiger partial charge is 0.223 e. The second kappa shape index (κ2) is 7.66. The number of nitrogens with one attached hydrogen (secondary N) is 1. The maximum atomic E-state index is 11.5. The van der Waals surface area contributed by atoms with E-state index in [0.717, 1.165) is 45.4 Å². The van der Waals surface area contributed by atoms with Crippen molar-refractivity contribution in [3.8, 4) is 0 Å². The molecule has 0 spiro atoms. The Morgan fingerprint density at radius 3 is 2.44 bits per heavy atom. The Labute approximate surface area is 99.6 Å². The fraction of sp³-hybridized carbons (Fsp3) is 0.923. The van der Waals surface area contributed by atoms with Gasteiger partial charge >= 0.3 is 0 Å². The Bertz CT molecular complexity index is 198. The van der Waals surface area contributed by atoms with Gasteiger partial charge in [0.2, 0.25) is 5.91 Å². The van der Waals surface area contributed by atoms with Crippen molar-refractivity contribution in [3.05, 3.63) is 0 Å². The summed E-state index contributed by atoms with van der Waals surface area (Å²) in [7, 11) is 0. The van der Waals surface area contributed by atoms with Gasteiger partial charge in [-0.2, -0.15) is 0 Å². The van der Waals surface area contributed by atoms with Gasteiger partial charge in [-0.3, -0.25) is 4.79 Å². The molecule has 1 N–H and O–H groups in total. The molecule has 0 aromatic rings. The highest BCUT2D eigenvalue weighted by molar-refractivity contribution is 5.79. The van der Waals surface area contributed by atoms with Crippen LogP contribution in [-0.2, 0) is 4.79 Å². The number of unbranched alkanes of at least 4 members (excludes halogenated alkanes) is 1. The number of hydrogen-bond donors (Lipinski definition) is 1. The molecule has 3 nitrogen and oxygen atoms in total. The molecule has 0 bridgehead atoms. The fourth-order valence-corrected chi connectivity index (χ4v) is 2.03. The molecule has 16 heavy (non-hydrogen) atoms. The molecule has 0 aliphatic heterocycles. The van der Waals surface area contributed by atoms with Gasteiger partial charge in [0.25, 0.3) is 0 Å². The van der Waals surface area contributed by atoms with Crippen molar-refractivity contribution in [2.24, 2.45) is 5.92 Å². The summed E-state index contributed by atoms with van der Waals surface area (Å²) in [5.74, 6) is 0.622. The molecule has 0 aromatic carbocycles. The van der Waals surface area contributed by atoms with Crippen LogP contribution in [0.1, 0.15) is 46.0 Å². The molecule has 3 heteroatoms. The number of carbonyl (C=O) groups is 1. The monoisotopic (exact) mass is 226 g/mol. The largest absolute Gasteiger partial charge is 0.356 e. The average molecular weight is 226 g/mol. The van der Waals surface area contributed by atoms with Gasteiger partial charge in [-0.1, -0.05) is 20.3 Å². The lowest BCUT2D eigenvalue weighted by Crippen LogP contribution is -2.35. The van der Waals surface area contributed by atoms with Crippen molar-refractivity contribution in [1.82, 2.24) is 10.2 Å². The van der Waals surface area contributed by atoms with E-state index in [9.17, 15) is 4.79 Å². The van der Waals surface area contributed by atoms with E-state index in [0.29, 0.717) is 5.92 Å². The number of nitrogens with zero attached hydrogens (tertiary/aromatic N) is 1. The summed E-state index contributed by atoms with van der Waals surface area (Å²) < 4.78 is 0. The predicted molar refractivity (Wildman–Crippen MR) is 67.4 cm³/mol. The normalized spacial score (nSPS) is 16.2. The van der Waals surface area contributed by atoms with Crippen molar-refractivity contribution in [2.75, 3.05) is 26.2 Å². The van der Waals surface area contributed by atoms with E-state index in [4.69, 9.17) is 0 Å². The average Bonchev–Trinajstić information content (AvgIpc) is 2.21. The molecule has 0 saturated heterocycles. The minimum atomic E-state index is 0.286. The molecular weight excluding hydrogens is 200 g/mol. The Balaban J connectivity index is 1.92. The van der Waals surface area contributed by atoms with Crippen LogP contribution < -0.4 is 5.32 Å². The van der Waals surface area contributed by atoms with Crippen LogP contribution in [0, 0.1) is 5.92 Å². The lowest BCUT2D eigenvalue weighted by molar-refractivity contribution is -0.127. The second-order valence-corrected chi connectivity index (χ2v) is 4.65. The van der Waals surface area contributed by atoms with Crippen molar-refractivity contribution < 1.29 is 4.79 Å². The quantitative estimate of drug-likeness (QED) is 0.642. The van der Waals surface area contributed by atoms with Crippen molar-refractivity contribution in [3.63, 3.8) is 0 Å². The van der Waals surface area contributed by atoms with Crippen LogP contribution >= 0.6 is 0 Å². The maximum absolute atomic E-state index is 11.5. The molecule has 0 unspecified atom stereocenters. The molecule has 1 aliphatic rings. The SMILES string of the molecule is CCN(CC)CCCCNC(=O)C1CCC1. The number of carbonyl (C=O) groups excluding carboxylic acids is 1. The number of hydrogen-bond acceptors (Lipinski definition) is 2. The first-order valence-corrected chi connectivity index (χ1v) is 6.78. The van der Waals surface area contributed by atoms with Gasteiger partial charge in [-0.25, -0.2) is 0 Å². The van der Waals surface area contributed by atoms with E-state index in [1.807, 2.05) is 0 Å². The zero-order valence-corrected chi connectivity index (χ0v) is 10.8. The lowest BCUT2D eigenvalue weighted by atomic mass is 9.85. The topological polar surface area (TPSA) is 32.3 Å². The van der Waals surface area contributed by atoms with Crippen molar-refractivity contribution in [1.29, 1.82) is 0 Å². The summed E-state index contributed by atoms with van der Waals surface area (Å²) in [5.41, 5.74) is 0.